The number of hydrogen-bond acceptors (Lipinski definition) is 7. The van der Waals surface area contributed by atoms with E-state index in [9.17, 15) is 19.8 Å². The fraction of sp³-hybridized carbons (Fsp3) is 0.120. The number of carbonyl (C=O) groups is 1. The number of aliphatic imine (C=N–C) groups is 1. The SMILES string of the molecule is Cc1cc(O)c(C2=Nc3c(C(=O)Nc4ccccc4)cnn3C(c3ccc(O)cc3)C2)c(=O)o1. The second-order valence-electron chi connectivity index (χ2n) is 7.92. The molecule has 9 heteroatoms. The minimum absolute atomic E-state index is 0.0590. The van der Waals surface area contributed by atoms with Gasteiger partial charge in [-0.25, -0.2) is 14.5 Å². The van der Waals surface area contributed by atoms with E-state index in [4.69, 9.17) is 4.42 Å². The molecule has 5 rings (SSSR count). The molecule has 34 heavy (non-hydrogen) atoms. The molecule has 2 aromatic carbocycles. The highest BCUT2D eigenvalue weighted by molar-refractivity contribution is 6.10. The molecule has 170 valence electrons. The van der Waals surface area contributed by atoms with Gasteiger partial charge in [0.1, 0.15) is 28.4 Å². The number of aromatic nitrogens is 2. The smallest absolute Gasteiger partial charge is 0.348 e. The van der Waals surface area contributed by atoms with Gasteiger partial charge in [-0.05, 0) is 36.8 Å². The average molecular weight is 456 g/mol. The number of carbonyl (C=O) groups excluding carboxylic acids is 1. The first-order valence-electron chi connectivity index (χ1n) is 10.5. The number of anilines is 1. The van der Waals surface area contributed by atoms with Crippen molar-refractivity contribution < 1.29 is 19.4 Å². The van der Waals surface area contributed by atoms with Crippen molar-refractivity contribution in [3.05, 3.63) is 99.7 Å². The van der Waals surface area contributed by atoms with Crippen molar-refractivity contribution in [3.63, 3.8) is 0 Å². The molecule has 1 aliphatic heterocycles. The number of hydrogen-bond donors (Lipinski definition) is 3. The number of amides is 1. The zero-order valence-corrected chi connectivity index (χ0v) is 18.1. The maximum Gasteiger partial charge on any atom is 0.348 e. The van der Waals surface area contributed by atoms with Crippen LogP contribution in [-0.4, -0.2) is 31.6 Å². The van der Waals surface area contributed by atoms with E-state index in [0.29, 0.717) is 5.69 Å². The van der Waals surface area contributed by atoms with Gasteiger partial charge >= 0.3 is 5.63 Å². The van der Waals surface area contributed by atoms with Gasteiger partial charge in [0.15, 0.2) is 5.82 Å². The summed E-state index contributed by atoms with van der Waals surface area (Å²) in [5.41, 5.74) is 1.09. The van der Waals surface area contributed by atoms with Gasteiger partial charge in [-0.1, -0.05) is 30.3 Å². The molecular formula is C25H20N4O5. The molecular weight excluding hydrogens is 436 g/mol. The van der Waals surface area contributed by atoms with E-state index in [-0.39, 0.29) is 46.3 Å². The summed E-state index contributed by atoms with van der Waals surface area (Å²) in [5.74, 6) is -0.0472. The predicted octanol–water partition coefficient (Wildman–Crippen LogP) is 3.92. The van der Waals surface area contributed by atoms with E-state index in [1.807, 2.05) is 6.07 Å². The third-order valence-electron chi connectivity index (χ3n) is 5.59. The monoisotopic (exact) mass is 456 g/mol. The first kappa shape index (κ1) is 21.2. The van der Waals surface area contributed by atoms with Crippen LogP contribution in [0.4, 0.5) is 11.5 Å². The second kappa shape index (κ2) is 8.36. The molecule has 0 bridgehead atoms. The van der Waals surface area contributed by atoms with Crippen LogP contribution in [0.2, 0.25) is 0 Å². The van der Waals surface area contributed by atoms with Gasteiger partial charge in [0.05, 0.1) is 18.0 Å². The Morgan fingerprint density at radius 1 is 1.12 bits per heavy atom. The summed E-state index contributed by atoms with van der Waals surface area (Å²) in [6, 6.07) is 16.4. The van der Waals surface area contributed by atoms with E-state index >= 15 is 0 Å². The summed E-state index contributed by atoms with van der Waals surface area (Å²) in [6.07, 6.45) is 1.63. The topological polar surface area (TPSA) is 130 Å². The van der Waals surface area contributed by atoms with Crippen molar-refractivity contribution in [2.24, 2.45) is 4.99 Å². The summed E-state index contributed by atoms with van der Waals surface area (Å²) in [6.45, 7) is 1.56. The molecule has 0 saturated heterocycles. The van der Waals surface area contributed by atoms with Crippen LogP contribution >= 0.6 is 0 Å². The van der Waals surface area contributed by atoms with Crippen LogP contribution in [0.25, 0.3) is 0 Å². The average Bonchev–Trinajstić information content (AvgIpc) is 3.23. The van der Waals surface area contributed by atoms with Crippen molar-refractivity contribution in [1.29, 1.82) is 0 Å². The molecule has 1 aliphatic rings. The Balaban J connectivity index is 1.64. The number of nitrogens with one attached hydrogen (secondary N) is 1. The number of nitrogens with zero attached hydrogens (tertiary/aromatic N) is 3. The normalized spacial score (nSPS) is 14.9. The summed E-state index contributed by atoms with van der Waals surface area (Å²) in [4.78, 5) is 30.2. The fourth-order valence-corrected chi connectivity index (χ4v) is 3.99. The van der Waals surface area contributed by atoms with Crippen LogP contribution in [-0.2, 0) is 0 Å². The Morgan fingerprint density at radius 2 is 1.85 bits per heavy atom. The number of benzene rings is 2. The summed E-state index contributed by atoms with van der Waals surface area (Å²) >= 11 is 0. The van der Waals surface area contributed by atoms with E-state index in [1.165, 1.54) is 12.3 Å². The van der Waals surface area contributed by atoms with E-state index in [0.717, 1.165) is 5.56 Å². The molecule has 2 aromatic heterocycles. The van der Waals surface area contributed by atoms with Crippen molar-refractivity contribution in [2.45, 2.75) is 19.4 Å². The Morgan fingerprint density at radius 3 is 2.56 bits per heavy atom. The Kier molecular flexibility index (Phi) is 5.21. The number of para-hydroxylation sites is 1. The third kappa shape index (κ3) is 3.83. The molecule has 9 nitrogen and oxygen atoms in total. The molecule has 3 N–H and O–H groups in total. The highest BCUT2D eigenvalue weighted by Crippen LogP contribution is 2.37. The first-order chi connectivity index (χ1) is 16.4. The molecule has 0 fully saturated rings. The van der Waals surface area contributed by atoms with Gasteiger partial charge < -0.3 is 19.9 Å². The largest absolute Gasteiger partial charge is 0.508 e. The molecule has 4 aromatic rings. The number of phenolic OH excluding ortho intramolecular Hbond substituents is 1. The van der Waals surface area contributed by atoms with Crippen LogP contribution < -0.4 is 10.9 Å². The third-order valence-corrected chi connectivity index (χ3v) is 5.59. The minimum atomic E-state index is -0.719. The lowest BCUT2D eigenvalue weighted by atomic mass is 9.96. The maximum atomic E-state index is 13.1. The summed E-state index contributed by atoms with van der Waals surface area (Å²) in [7, 11) is 0. The van der Waals surface area contributed by atoms with Crippen molar-refractivity contribution in [1.82, 2.24) is 9.78 Å². The van der Waals surface area contributed by atoms with Crippen LogP contribution in [0.1, 0.15) is 39.7 Å². The number of phenols is 1. The molecule has 1 amide bonds. The lowest BCUT2D eigenvalue weighted by molar-refractivity contribution is 0.102. The van der Waals surface area contributed by atoms with Crippen LogP contribution in [0, 0.1) is 6.92 Å². The fourth-order valence-electron chi connectivity index (χ4n) is 3.99. The maximum absolute atomic E-state index is 13.1. The van der Waals surface area contributed by atoms with Gasteiger partial charge in [0.2, 0.25) is 0 Å². The van der Waals surface area contributed by atoms with Crippen molar-refractivity contribution >= 4 is 23.1 Å². The van der Waals surface area contributed by atoms with Gasteiger partial charge in [0.25, 0.3) is 5.91 Å². The Labute approximate surface area is 193 Å². The molecule has 0 aliphatic carbocycles. The predicted molar refractivity (Wildman–Crippen MR) is 125 cm³/mol. The summed E-state index contributed by atoms with van der Waals surface area (Å²) < 4.78 is 6.79. The Bertz CT molecular complexity index is 1470. The van der Waals surface area contributed by atoms with Crippen LogP contribution in [0.15, 0.2) is 81.1 Å². The molecule has 0 spiro atoms. The standard InChI is InChI=1S/C25H20N4O5/c1-14-11-21(31)22(25(33)34-14)19-12-20(15-7-9-17(30)10-8-15)29-23(28-19)18(13-26-29)24(32)27-16-5-3-2-4-6-16/h2-11,13,20,30-31H,12H2,1H3,(H,27,32). The number of aryl methyl sites for hydroxylation is 1. The van der Waals surface area contributed by atoms with Crippen LogP contribution in [0.5, 0.6) is 11.5 Å². The first-order valence-corrected chi connectivity index (χ1v) is 10.5. The quantitative estimate of drug-likeness (QED) is 0.427. The summed E-state index contributed by atoms with van der Waals surface area (Å²) in [5, 5.41) is 27.5. The number of aromatic hydroxyl groups is 2. The van der Waals surface area contributed by atoms with Gasteiger partial charge in [-0.3, -0.25) is 4.79 Å². The molecule has 3 heterocycles. The highest BCUT2D eigenvalue weighted by Gasteiger charge is 2.32. The minimum Gasteiger partial charge on any atom is -0.508 e. The zero-order valence-electron chi connectivity index (χ0n) is 18.1. The second-order valence-corrected chi connectivity index (χ2v) is 7.92. The highest BCUT2D eigenvalue weighted by atomic mass is 16.4. The number of fused-ring (bicyclic) bond motifs is 1. The zero-order chi connectivity index (χ0) is 23.8. The van der Waals surface area contributed by atoms with E-state index in [1.54, 1.807) is 60.1 Å². The van der Waals surface area contributed by atoms with Crippen molar-refractivity contribution in [3.8, 4) is 11.5 Å². The molecule has 0 saturated carbocycles. The lowest BCUT2D eigenvalue weighted by Crippen LogP contribution is -2.25. The van der Waals surface area contributed by atoms with Gasteiger partial charge in [0, 0.05) is 18.2 Å². The van der Waals surface area contributed by atoms with Gasteiger partial charge in [-0.15, -0.1) is 0 Å². The van der Waals surface area contributed by atoms with E-state index in [2.05, 4.69) is 15.4 Å². The van der Waals surface area contributed by atoms with Gasteiger partial charge in [-0.2, -0.15) is 5.10 Å². The van der Waals surface area contributed by atoms with Crippen molar-refractivity contribution in [2.75, 3.05) is 5.32 Å². The number of rotatable bonds is 4. The van der Waals surface area contributed by atoms with E-state index < -0.39 is 17.6 Å². The Hall–Kier alpha value is -4.66. The van der Waals surface area contributed by atoms with Crippen LogP contribution in [0.3, 0.4) is 0 Å². The molecule has 0 radical (unpaired) electrons. The molecule has 1 unspecified atom stereocenters. The molecule has 1 atom stereocenters. The lowest BCUT2D eigenvalue weighted by Gasteiger charge is -2.25.